The van der Waals surface area contributed by atoms with Gasteiger partial charge in [0.25, 0.3) is 0 Å². The molecule has 1 atom stereocenters. The number of aryl methyl sites for hydroxylation is 1. The first-order chi connectivity index (χ1) is 15.9. The van der Waals surface area contributed by atoms with E-state index >= 15 is 0 Å². The fraction of sp³-hybridized carbons (Fsp3) is 0.519. The monoisotopic (exact) mass is 470 g/mol. The summed E-state index contributed by atoms with van der Waals surface area (Å²) in [6.45, 7) is 11.6. The number of halogens is 1. The highest BCUT2D eigenvalue weighted by Crippen LogP contribution is 2.38. The third-order valence-electron chi connectivity index (χ3n) is 6.41. The van der Waals surface area contributed by atoms with Gasteiger partial charge in [0.1, 0.15) is 0 Å². The summed E-state index contributed by atoms with van der Waals surface area (Å²) >= 11 is 6.51. The molecule has 1 saturated heterocycles. The minimum atomic E-state index is 0.0312. The van der Waals surface area contributed by atoms with Crippen LogP contribution >= 0.6 is 11.6 Å². The molecule has 178 valence electrons. The maximum absolute atomic E-state index is 13.6. The van der Waals surface area contributed by atoms with E-state index in [4.69, 9.17) is 21.1 Å². The van der Waals surface area contributed by atoms with Crippen LogP contribution in [0.4, 0.5) is 0 Å². The third kappa shape index (κ3) is 6.01. The summed E-state index contributed by atoms with van der Waals surface area (Å²) in [6.07, 6.45) is 1.74. The van der Waals surface area contributed by atoms with Crippen molar-refractivity contribution < 1.29 is 14.3 Å². The van der Waals surface area contributed by atoms with Gasteiger partial charge in [0.05, 0.1) is 24.2 Å². The first-order valence-corrected chi connectivity index (χ1v) is 12.4. The second-order valence-electron chi connectivity index (χ2n) is 9.72. The van der Waals surface area contributed by atoms with Crippen molar-refractivity contribution in [1.82, 2.24) is 9.80 Å². The zero-order valence-electron chi connectivity index (χ0n) is 20.0. The van der Waals surface area contributed by atoms with Crippen LogP contribution in [0.2, 0.25) is 5.02 Å². The lowest BCUT2D eigenvalue weighted by Crippen LogP contribution is -2.39. The number of likely N-dealkylation sites (tertiary alicyclic amines) is 1. The number of nitrogens with zero attached hydrogens (tertiary/aromatic N) is 2. The van der Waals surface area contributed by atoms with Crippen LogP contribution in [0.1, 0.15) is 43.4 Å². The summed E-state index contributed by atoms with van der Waals surface area (Å²) in [6, 6.07) is 12.4. The lowest BCUT2D eigenvalue weighted by atomic mass is 10.0. The van der Waals surface area contributed by atoms with Crippen LogP contribution in [0.15, 0.2) is 36.4 Å². The normalized spacial score (nSPS) is 18.4. The Hall–Kier alpha value is -2.24. The van der Waals surface area contributed by atoms with Crippen LogP contribution in [-0.2, 0) is 17.9 Å². The largest absolute Gasteiger partial charge is 0.489 e. The van der Waals surface area contributed by atoms with E-state index in [0.717, 1.165) is 44.6 Å². The highest BCUT2D eigenvalue weighted by molar-refractivity contribution is 6.32. The van der Waals surface area contributed by atoms with Crippen LogP contribution in [0, 0.1) is 18.8 Å². The second kappa shape index (κ2) is 10.8. The van der Waals surface area contributed by atoms with Gasteiger partial charge in [-0.3, -0.25) is 9.69 Å². The molecule has 0 unspecified atom stereocenters. The number of hydrogen-bond donors (Lipinski definition) is 0. The Labute approximate surface area is 202 Å². The van der Waals surface area contributed by atoms with E-state index in [1.165, 1.54) is 11.1 Å². The number of hydrogen-bond acceptors (Lipinski definition) is 4. The van der Waals surface area contributed by atoms with E-state index < -0.39 is 0 Å². The topological polar surface area (TPSA) is 42.0 Å². The summed E-state index contributed by atoms with van der Waals surface area (Å²) in [5, 5.41) is 0.548. The van der Waals surface area contributed by atoms with Crippen LogP contribution < -0.4 is 9.47 Å². The van der Waals surface area contributed by atoms with E-state index in [0.29, 0.717) is 42.2 Å². The van der Waals surface area contributed by atoms with Crippen molar-refractivity contribution in [3.63, 3.8) is 0 Å². The predicted molar refractivity (Wildman–Crippen MR) is 132 cm³/mol. The molecule has 5 nitrogen and oxygen atoms in total. The smallest absolute Gasteiger partial charge is 0.227 e. The molecule has 4 rings (SSSR count). The number of fused-ring (bicyclic) bond motifs is 1. The highest BCUT2D eigenvalue weighted by Gasteiger charge is 2.32. The van der Waals surface area contributed by atoms with Gasteiger partial charge in [-0.15, -0.1) is 0 Å². The van der Waals surface area contributed by atoms with E-state index in [9.17, 15) is 4.79 Å². The Kier molecular flexibility index (Phi) is 7.82. The number of carbonyl (C=O) groups excluding carboxylic acids is 1. The molecule has 33 heavy (non-hydrogen) atoms. The molecule has 0 saturated carbocycles. The molecule has 0 N–H and O–H groups in total. The summed E-state index contributed by atoms with van der Waals surface area (Å²) in [5.41, 5.74) is 3.62. The Morgan fingerprint density at radius 3 is 2.79 bits per heavy atom. The fourth-order valence-corrected chi connectivity index (χ4v) is 5.02. The van der Waals surface area contributed by atoms with Crippen molar-refractivity contribution >= 4 is 17.5 Å². The Morgan fingerprint density at radius 2 is 2.00 bits per heavy atom. The van der Waals surface area contributed by atoms with Gasteiger partial charge in [-0.25, -0.2) is 0 Å². The Morgan fingerprint density at radius 1 is 1.21 bits per heavy atom. The van der Waals surface area contributed by atoms with Crippen molar-refractivity contribution in [3.05, 3.63) is 58.1 Å². The molecule has 2 aromatic carbocycles. The Balaban J connectivity index is 1.45. The van der Waals surface area contributed by atoms with Crippen molar-refractivity contribution in [2.24, 2.45) is 11.8 Å². The van der Waals surface area contributed by atoms with Crippen LogP contribution in [-0.4, -0.2) is 48.6 Å². The summed E-state index contributed by atoms with van der Waals surface area (Å²) < 4.78 is 11.6. The average Bonchev–Trinajstić information content (AvgIpc) is 3.10. The Bertz CT molecular complexity index is 978. The summed E-state index contributed by atoms with van der Waals surface area (Å²) in [7, 11) is 0. The van der Waals surface area contributed by atoms with Gasteiger partial charge < -0.3 is 14.4 Å². The molecule has 0 bridgehead atoms. The molecule has 2 aromatic rings. The molecule has 2 aliphatic rings. The van der Waals surface area contributed by atoms with E-state index in [2.05, 4.69) is 49.9 Å². The zero-order chi connectivity index (χ0) is 23.4. The lowest BCUT2D eigenvalue weighted by molar-refractivity contribution is -0.136. The summed E-state index contributed by atoms with van der Waals surface area (Å²) in [4.78, 5) is 18.0. The van der Waals surface area contributed by atoms with Crippen LogP contribution in [0.3, 0.4) is 0 Å². The summed E-state index contributed by atoms with van der Waals surface area (Å²) in [5.74, 6) is 1.94. The van der Waals surface area contributed by atoms with Gasteiger partial charge in [0, 0.05) is 32.6 Å². The molecule has 6 heteroatoms. The second-order valence-corrected chi connectivity index (χ2v) is 10.1. The van der Waals surface area contributed by atoms with Gasteiger partial charge >= 0.3 is 0 Å². The van der Waals surface area contributed by atoms with Crippen molar-refractivity contribution in [2.45, 2.75) is 46.7 Å². The standard InChI is InChI=1S/C27H35ClN2O3/c1-19(2)15-30(16-21-13-24(28)26-25(14-21)32-11-6-12-33-26)27(31)23-9-10-29(18-23)17-22-8-5-4-7-20(22)3/h4-5,7-8,13-14,19,23H,6,9-12,15-18H2,1-3H3/t23-/m1/s1. The van der Waals surface area contributed by atoms with Gasteiger partial charge in [-0.2, -0.15) is 0 Å². The number of amides is 1. The van der Waals surface area contributed by atoms with Gasteiger partial charge in [0.15, 0.2) is 11.5 Å². The van der Waals surface area contributed by atoms with Gasteiger partial charge in [0.2, 0.25) is 5.91 Å². The minimum Gasteiger partial charge on any atom is -0.489 e. The predicted octanol–water partition coefficient (Wildman–Crippen LogP) is 5.32. The molecular formula is C27H35ClN2O3. The van der Waals surface area contributed by atoms with Crippen LogP contribution in [0.5, 0.6) is 11.5 Å². The molecule has 1 fully saturated rings. The number of benzene rings is 2. The molecule has 2 aliphatic heterocycles. The molecule has 0 radical (unpaired) electrons. The van der Waals surface area contributed by atoms with Crippen molar-refractivity contribution in [3.8, 4) is 11.5 Å². The maximum atomic E-state index is 13.6. The average molecular weight is 471 g/mol. The van der Waals surface area contributed by atoms with Crippen molar-refractivity contribution in [1.29, 1.82) is 0 Å². The SMILES string of the molecule is Cc1ccccc1CN1CC[C@@H](C(=O)N(Cc2cc(Cl)c3c(c2)OCCCO3)CC(C)C)C1. The molecule has 0 spiro atoms. The third-order valence-corrected chi connectivity index (χ3v) is 6.69. The van der Waals surface area contributed by atoms with Gasteiger partial charge in [-0.1, -0.05) is 49.7 Å². The number of rotatable bonds is 7. The minimum absolute atomic E-state index is 0.0312. The maximum Gasteiger partial charge on any atom is 0.227 e. The van der Waals surface area contributed by atoms with Crippen LogP contribution in [0.25, 0.3) is 0 Å². The van der Waals surface area contributed by atoms with E-state index in [1.807, 2.05) is 17.0 Å². The number of carbonyl (C=O) groups is 1. The molecule has 0 aromatic heterocycles. The highest BCUT2D eigenvalue weighted by atomic mass is 35.5. The first-order valence-electron chi connectivity index (χ1n) is 12.0. The van der Waals surface area contributed by atoms with Crippen molar-refractivity contribution in [2.75, 3.05) is 32.8 Å². The zero-order valence-corrected chi connectivity index (χ0v) is 20.7. The van der Waals surface area contributed by atoms with E-state index in [-0.39, 0.29) is 11.8 Å². The number of ether oxygens (including phenoxy) is 2. The molecule has 1 amide bonds. The van der Waals surface area contributed by atoms with E-state index in [1.54, 1.807) is 0 Å². The fourth-order valence-electron chi connectivity index (χ4n) is 4.73. The first kappa shape index (κ1) is 23.9. The van der Waals surface area contributed by atoms with Gasteiger partial charge in [-0.05, 0) is 54.6 Å². The molecule has 0 aliphatic carbocycles. The quantitative estimate of drug-likeness (QED) is 0.549. The molecular weight excluding hydrogens is 436 g/mol. The lowest BCUT2D eigenvalue weighted by Gasteiger charge is -2.28. The molecule has 2 heterocycles.